The van der Waals surface area contributed by atoms with E-state index in [2.05, 4.69) is 59.5 Å². The summed E-state index contributed by atoms with van der Waals surface area (Å²) in [7, 11) is 5.82. The molecule has 0 bridgehead atoms. The summed E-state index contributed by atoms with van der Waals surface area (Å²) >= 11 is 0. The first-order valence-electron chi connectivity index (χ1n) is 14.7. The van der Waals surface area contributed by atoms with Crippen LogP contribution in [0.3, 0.4) is 0 Å². The standard InChI is InChI=1S/C30H39FN10O2/c1-38-9-7-21(8-10-38)41-18-20(15-34-41)35-30-33-17-24(31)27(37-30)23-16-32-28-22(23)5-4-6-25(28)36-29(42)26(19-43-3)40-13-11-39(2)12-14-40/h4-6,15-18,21,26,32H,7-14,19H2,1-3H3,(H,36,42)(H,33,35,37). The first-order chi connectivity index (χ1) is 20.9. The number of fused-ring (bicyclic) bond motifs is 1. The van der Waals surface area contributed by atoms with Gasteiger partial charge in [-0.15, -0.1) is 0 Å². The highest BCUT2D eigenvalue weighted by Crippen LogP contribution is 2.33. The quantitative estimate of drug-likeness (QED) is 0.270. The number of carbonyl (C=O) groups excluding carboxylic acids is 1. The molecule has 4 aromatic rings. The van der Waals surface area contributed by atoms with E-state index in [0.717, 1.165) is 63.2 Å². The van der Waals surface area contributed by atoms with Crippen molar-refractivity contribution in [2.45, 2.75) is 24.9 Å². The normalized spacial score (nSPS) is 18.2. The van der Waals surface area contributed by atoms with Gasteiger partial charge in [-0.3, -0.25) is 14.4 Å². The van der Waals surface area contributed by atoms with Crippen LogP contribution in [0.5, 0.6) is 0 Å². The number of para-hydroxylation sites is 1. The van der Waals surface area contributed by atoms with Crippen molar-refractivity contribution in [1.82, 2.24) is 39.4 Å². The zero-order valence-corrected chi connectivity index (χ0v) is 24.9. The molecule has 0 spiro atoms. The molecule has 1 unspecified atom stereocenters. The van der Waals surface area contributed by atoms with Gasteiger partial charge in [-0.25, -0.2) is 14.4 Å². The number of piperidine rings is 1. The molecule has 0 radical (unpaired) electrons. The van der Waals surface area contributed by atoms with E-state index in [9.17, 15) is 4.79 Å². The van der Waals surface area contributed by atoms with Crippen molar-refractivity contribution in [2.75, 3.05) is 77.7 Å². The molecule has 3 N–H and O–H groups in total. The Morgan fingerprint density at radius 3 is 2.65 bits per heavy atom. The smallest absolute Gasteiger partial charge is 0.244 e. The third kappa shape index (κ3) is 6.39. The number of hydrogen-bond donors (Lipinski definition) is 3. The maximum atomic E-state index is 15.1. The number of anilines is 3. The number of hydrogen-bond acceptors (Lipinski definition) is 9. The van der Waals surface area contributed by atoms with Crippen molar-refractivity contribution in [3.63, 3.8) is 0 Å². The average Bonchev–Trinajstić information content (AvgIpc) is 3.66. The van der Waals surface area contributed by atoms with Crippen LogP contribution in [-0.2, 0) is 9.53 Å². The number of piperazine rings is 1. The van der Waals surface area contributed by atoms with Crippen LogP contribution in [0.25, 0.3) is 22.2 Å². The predicted octanol–water partition coefficient (Wildman–Crippen LogP) is 3.17. The van der Waals surface area contributed by atoms with Crippen LogP contribution in [0.1, 0.15) is 18.9 Å². The molecule has 0 aliphatic carbocycles. The van der Waals surface area contributed by atoms with Gasteiger partial charge < -0.3 is 30.2 Å². The lowest BCUT2D eigenvalue weighted by Gasteiger charge is -2.36. The number of likely N-dealkylation sites (N-methyl/N-ethyl adjacent to an activating group) is 1. The summed E-state index contributed by atoms with van der Waals surface area (Å²) in [6.07, 6.45) is 8.65. The molecule has 5 heterocycles. The van der Waals surface area contributed by atoms with Crippen LogP contribution in [0.4, 0.5) is 21.7 Å². The van der Waals surface area contributed by atoms with Crippen molar-refractivity contribution in [1.29, 1.82) is 0 Å². The van der Waals surface area contributed by atoms with Crippen LogP contribution in [0.2, 0.25) is 0 Å². The Kier molecular flexibility index (Phi) is 8.66. The lowest BCUT2D eigenvalue weighted by molar-refractivity contribution is -0.124. The van der Waals surface area contributed by atoms with Crippen LogP contribution >= 0.6 is 0 Å². The van der Waals surface area contributed by atoms with Crippen molar-refractivity contribution in [3.8, 4) is 11.3 Å². The highest BCUT2D eigenvalue weighted by Gasteiger charge is 2.29. The molecule has 2 fully saturated rings. The molecule has 1 atom stereocenters. The Labute approximate surface area is 250 Å². The van der Waals surface area contributed by atoms with Crippen molar-refractivity contribution < 1.29 is 13.9 Å². The van der Waals surface area contributed by atoms with Crippen LogP contribution in [0, 0.1) is 5.82 Å². The molecule has 43 heavy (non-hydrogen) atoms. The van der Waals surface area contributed by atoms with E-state index in [1.165, 1.54) is 6.20 Å². The fraction of sp³-hybridized carbons (Fsp3) is 0.467. The van der Waals surface area contributed by atoms with Gasteiger partial charge in [0.15, 0.2) is 5.82 Å². The summed E-state index contributed by atoms with van der Waals surface area (Å²) in [5.74, 6) is -0.415. The summed E-state index contributed by atoms with van der Waals surface area (Å²) in [5, 5.41) is 11.5. The number of nitrogens with one attached hydrogen (secondary N) is 3. The number of rotatable bonds is 9. The molecule has 228 valence electrons. The average molecular weight is 591 g/mol. The summed E-state index contributed by atoms with van der Waals surface area (Å²) in [5.41, 5.74) is 2.77. The van der Waals surface area contributed by atoms with E-state index in [1.54, 1.807) is 19.5 Å². The fourth-order valence-corrected chi connectivity index (χ4v) is 5.92. The summed E-state index contributed by atoms with van der Waals surface area (Å²) in [6, 6.07) is 5.49. The molecule has 1 amide bonds. The lowest BCUT2D eigenvalue weighted by atomic mass is 10.1. The number of aromatic nitrogens is 5. The number of benzene rings is 1. The zero-order valence-electron chi connectivity index (χ0n) is 24.9. The topological polar surface area (TPSA) is 119 Å². The third-order valence-electron chi connectivity index (χ3n) is 8.50. The van der Waals surface area contributed by atoms with Crippen LogP contribution in [0.15, 0.2) is 43.0 Å². The molecular formula is C30H39FN10O2. The zero-order chi connectivity index (χ0) is 29.9. The van der Waals surface area contributed by atoms with Crippen LogP contribution in [-0.4, -0.2) is 118 Å². The molecule has 2 saturated heterocycles. The monoisotopic (exact) mass is 590 g/mol. The minimum absolute atomic E-state index is 0.143. The van der Waals surface area contributed by atoms with Gasteiger partial charge in [-0.1, -0.05) is 12.1 Å². The molecule has 6 rings (SSSR count). The Morgan fingerprint density at radius 2 is 1.88 bits per heavy atom. The molecule has 3 aromatic heterocycles. The Balaban J connectivity index is 1.21. The Bertz CT molecular complexity index is 1560. The number of amides is 1. The molecule has 0 saturated carbocycles. The van der Waals surface area contributed by atoms with Gasteiger partial charge >= 0.3 is 0 Å². The third-order valence-corrected chi connectivity index (χ3v) is 8.50. The number of ether oxygens (including phenoxy) is 1. The van der Waals surface area contributed by atoms with Crippen LogP contribution < -0.4 is 10.6 Å². The number of H-pyrrole nitrogens is 1. The van der Waals surface area contributed by atoms with E-state index < -0.39 is 11.9 Å². The molecule has 13 heteroatoms. The minimum Gasteiger partial charge on any atom is -0.383 e. The van der Waals surface area contributed by atoms with Gasteiger partial charge in [0.2, 0.25) is 11.9 Å². The molecule has 2 aliphatic heterocycles. The number of aromatic amines is 1. The number of halogens is 1. The molecular weight excluding hydrogens is 551 g/mol. The first kappa shape index (κ1) is 29.2. The second-order valence-corrected chi connectivity index (χ2v) is 11.5. The van der Waals surface area contributed by atoms with Gasteiger partial charge in [0.1, 0.15) is 11.7 Å². The predicted molar refractivity (Wildman–Crippen MR) is 164 cm³/mol. The molecule has 2 aliphatic rings. The summed E-state index contributed by atoms with van der Waals surface area (Å²) in [4.78, 5) is 32.1. The minimum atomic E-state index is -0.543. The highest BCUT2D eigenvalue weighted by atomic mass is 19.1. The van der Waals surface area contributed by atoms with Crippen molar-refractivity contribution in [2.24, 2.45) is 0 Å². The largest absolute Gasteiger partial charge is 0.383 e. The van der Waals surface area contributed by atoms with Gasteiger partial charge in [0.05, 0.1) is 41.9 Å². The van der Waals surface area contributed by atoms with Crippen molar-refractivity contribution >= 4 is 34.1 Å². The van der Waals surface area contributed by atoms with E-state index in [-0.39, 0.29) is 17.5 Å². The van der Waals surface area contributed by atoms with Crippen molar-refractivity contribution in [3.05, 3.63) is 48.8 Å². The molecule has 1 aromatic carbocycles. The first-order valence-corrected chi connectivity index (χ1v) is 14.7. The summed E-state index contributed by atoms with van der Waals surface area (Å²) < 4.78 is 22.5. The van der Waals surface area contributed by atoms with Gasteiger partial charge in [-0.05, 0) is 46.1 Å². The maximum Gasteiger partial charge on any atom is 0.244 e. The molecule has 12 nitrogen and oxygen atoms in total. The number of likely N-dealkylation sites (tertiary alicyclic amines) is 1. The Hall–Kier alpha value is -3.91. The van der Waals surface area contributed by atoms with Gasteiger partial charge in [0.25, 0.3) is 0 Å². The number of carbonyl (C=O) groups is 1. The Morgan fingerprint density at radius 1 is 1.12 bits per heavy atom. The van der Waals surface area contributed by atoms with Gasteiger partial charge in [0, 0.05) is 56.6 Å². The summed E-state index contributed by atoms with van der Waals surface area (Å²) in [6.45, 7) is 5.74. The SMILES string of the molecule is COCC(C(=O)Nc1cccc2c(-c3nc(Nc4cnn(C5CCN(C)CC5)c4)ncc3F)c[nH]c12)N1CCN(C)CC1. The van der Waals surface area contributed by atoms with Gasteiger partial charge in [-0.2, -0.15) is 5.10 Å². The lowest BCUT2D eigenvalue weighted by Crippen LogP contribution is -2.54. The number of nitrogens with zero attached hydrogens (tertiary/aromatic N) is 7. The van der Waals surface area contributed by atoms with E-state index in [0.29, 0.717) is 29.4 Å². The highest BCUT2D eigenvalue weighted by molar-refractivity contribution is 6.06. The van der Waals surface area contributed by atoms with E-state index in [4.69, 9.17) is 4.74 Å². The maximum absolute atomic E-state index is 15.1. The second-order valence-electron chi connectivity index (χ2n) is 11.5. The van der Waals surface area contributed by atoms with E-state index >= 15 is 4.39 Å². The second kappa shape index (κ2) is 12.8. The number of methoxy groups -OCH3 is 1. The van der Waals surface area contributed by atoms with E-state index in [1.807, 2.05) is 29.1 Å². The fourth-order valence-electron chi connectivity index (χ4n) is 5.92.